The lowest BCUT2D eigenvalue weighted by molar-refractivity contribution is -0.117. The first kappa shape index (κ1) is 19.1. The Kier molecular flexibility index (Phi) is 4.46. The number of fused-ring (bicyclic) bond motifs is 3. The van der Waals surface area contributed by atoms with Gasteiger partial charge in [-0.25, -0.2) is 0 Å². The highest BCUT2D eigenvalue weighted by molar-refractivity contribution is 5.58. The van der Waals surface area contributed by atoms with E-state index in [1.165, 1.54) is 18.4 Å². The van der Waals surface area contributed by atoms with E-state index < -0.39 is 0 Å². The summed E-state index contributed by atoms with van der Waals surface area (Å²) >= 11 is 0. The van der Waals surface area contributed by atoms with Gasteiger partial charge in [-0.3, -0.25) is 4.90 Å². The van der Waals surface area contributed by atoms with Crippen LogP contribution in [-0.2, 0) is 0 Å². The van der Waals surface area contributed by atoms with E-state index in [-0.39, 0.29) is 18.4 Å². The van der Waals surface area contributed by atoms with E-state index in [9.17, 15) is 0 Å². The lowest BCUT2D eigenvalue weighted by Crippen LogP contribution is -2.58. The predicted octanol–water partition coefficient (Wildman–Crippen LogP) is 4.55. The fourth-order valence-corrected chi connectivity index (χ4v) is 6.23. The Labute approximate surface area is 183 Å². The zero-order valence-electron chi connectivity index (χ0n) is 18.2. The van der Waals surface area contributed by atoms with Crippen molar-refractivity contribution >= 4 is 0 Å². The molecule has 1 saturated heterocycles. The third-order valence-corrected chi connectivity index (χ3v) is 7.58. The van der Waals surface area contributed by atoms with Crippen LogP contribution in [0.25, 0.3) is 0 Å². The first-order valence-corrected chi connectivity index (χ1v) is 11.3. The van der Waals surface area contributed by atoms with Crippen LogP contribution in [0.5, 0.6) is 28.7 Å². The van der Waals surface area contributed by atoms with Crippen LogP contribution < -0.4 is 23.7 Å². The van der Waals surface area contributed by atoms with Gasteiger partial charge >= 0.3 is 0 Å². The normalized spacial score (nSPS) is 28.7. The molecule has 6 rings (SSSR count). The van der Waals surface area contributed by atoms with Gasteiger partial charge in [-0.2, -0.15) is 0 Å². The SMILES string of the molecule is COc1ccc([C@@H]2c3cc4c(cc3O[C@]3(N5CCCC5)CCC[C@H]23)OCO4)c(OC)c1. The Balaban J connectivity index is 1.55. The van der Waals surface area contributed by atoms with Crippen LogP contribution in [0.1, 0.15) is 49.1 Å². The van der Waals surface area contributed by atoms with Crippen molar-refractivity contribution < 1.29 is 23.7 Å². The van der Waals surface area contributed by atoms with Gasteiger partial charge < -0.3 is 23.7 Å². The maximum Gasteiger partial charge on any atom is 0.231 e. The second kappa shape index (κ2) is 7.23. The van der Waals surface area contributed by atoms with Crippen molar-refractivity contribution in [1.29, 1.82) is 0 Å². The van der Waals surface area contributed by atoms with Crippen molar-refractivity contribution in [2.75, 3.05) is 34.1 Å². The molecule has 0 spiro atoms. The summed E-state index contributed by atoms with van der Waals surface area (Å²) in [5, 5.41) is 0. The van der Waals surface area contributed by atoms with E-state index in [0.29, 0.717) is 5.92 Å². The molecule has 4 aliphatic rings. The Hall–Kier alpha value is -2.60. The first-order valence-electron chi connectivity index (χ1n) is 11.3. The highest BCUT2D eigenvalue weighted by Crippen LogP contribution is 2.59. The quantitative estimate of drug-likeness (QED) is 0.719. The molecule has 3 heterocycles. The van der Waals surface area contributed by atoms with Crippen LogP contribution >= 0.6 is 0 Å². The molecule has 3 atom stereocenters. The minimum Gasteiger partial charge on any atom is -0.497 e. The van der Waals surface area contributed by atoms with E-state index in [1.807, 2.05) is 18.2 Å². The van der Waals surface area contributed by atoms with Gasteiger partial charge in [0.2, 0.25) is 6.79 Å². The summed E-state index contributed by atoms with van der Waals surface area (Å²) < 4.78 is 29.7. The average Bonchev–Trinajstić information content (AvgIpc) is 3.56. The molecule has 0 aromatic heterocycles. The highest BCUT2D eigenvalue weighted by atomic mass is 16.7. The lowest BCUT2D eigenvalue weighted by Gasteiger charge is -2.50. The molecule has 3 aliphatic heterocycles. The molecule has 1 aliphatic carbocycles. The average molecular weight is 424 g/mol. The molecular formula is C25H29NO5. The number of hydrogen-bond donors (Lipinski definition) is 0. The van der Waals surface area contributed by atoms with Crippen LogP contribution in [0.3, 0.4) is 0 Å². The van der Waals surface area contributed by atoms with Crippen molar-refractivity contribution in [1.82, 2.24) is 4.90 Å². The summed E-state index contributed by atoms with van der Waals surface area (Å²) in [6.07, 6.45) is 5.83. The smallest absolute Gasteiger partial charge is 0.231 e. The van der Waals surface area contributed by atoms with E-state index in [0.717, 1.165) is 66.7 Å². The second-order valence-corrected chi connectivity index (χ2v) is 8.97. The van der Waals surface area contributed by atoms with Gasteiger partial charge in [0.1, 0.15) is 17.2 Å². The molecule has 31 heavy (non-hydrogen) atoms. The van der Waals surface area contributed by atoms with Gasteiger partial charge in [0.15, 0.2) is 17.2 Å². The second-order valence-electron chi connectivity index (χ2n) is 8.97. The third kappa shape index (κ3) is 2.80. The van der Waals surface area contributed by atoms with Gasteiger partial charge in [-0.1, -0.05) is 6.07 Å². The van der Waals surface area contributed by atoms with Gasteiger partial charge in [0, 0.05) is 54.6 Å². The minimum absolute atomic E-state index is 0.155. The van der Waals surface area contributed by atoms with E-state index in [4.69, 9.17) is 23.7 Å². The number of methoxy groups -OCH3 is 2. The fourth-order valence-electron chi connectivity index (χ4n) is 6.23. The van der Waals surface area contributed by atoms with Crippen LogP contribution in [0, 0.1) is 5.92 Å². The molecule has 0 bridgehead atoms. The number of likely N-dealkylation sites (tertiary alicyclic amines) is 1. The van der Waals surface area contributed by atoms with Crippen molar-refractivity contribution in [2.45, 2.75) is 43.7 Å². The molecule has 6 nitrogen and oxygen atoms in total. The minimum atomic E-state index is -0.271. The Bertz CT molecular complexity index is 1000. The molecule has 2 aromatic carbocycles. The maximum atomic E-state index is 6.95. The number of nitrogens with zero attached hydrogens (tertiary/aromatic N) is 1. The third-order valence-electron chi connectivity index (χ3n) is 7.58. The number of rotatable bonds is 4. The van der Waals surface area contributed by atoms with Crippen molar-refractivity contribution in [3.63, 3.8) is 0 Å². The van der Waals surface area contributed by atoms with E-state index >= 15 is 0 Å². The zero-order chi connectivity index (χ0) is 21.0. The van der Waals surface area contributed by atoms with E-state index in [2.05, 4.69) is 17.0 Å². The monoisotopic (exact) mass is 423 g/mol. The molecule has 0 unspecified atom stereocenters. The maximum absolute atomic E-state index is 6.95. The molecule has 2 fully saturated rings. The topological polar surface area (TPSA) is 49.4 Å². The lowest BCUT2D eigenvalue weighted by atomic mass is 9.73. The molecule has 0 amide bonds. The summed E-state index contributed by atoms with van der Waals surface area (Å²) in [4.78, 5) is 2.60. The Morgan fingerprint density at radius 1 is 0.903 bits per heavy atom. The van der Waals surface area contributed by atoms with Crippen LogP contribution in [-0.4, -0.2) is 44.7 Å². The highest BCUT2D eigenvalue weighted by Gasteiger charge is 2.57. The van der Waals surface area contributed by atoms with Crippen LogP contribution in [0.4, 0.5) is 0 Å². The van der Waals surface area contributed by atoms with Crippen LogP contribution in [0.2, 0.25) is 0 Å². The molecular weight excluding hydrogens is 394 g/mol. The van der Waals surface area contributed by atoms with Crippen molar-refractivity contribution in [3.05, 3.63) is 41.5 Å². The zero-order valence-corrected chi connectivity index (χ0v) is 18.2. The van der Waals surface area contributed by atoms with Gasteiger partial charge in [0.25, 0.3) is 0 Å². The largest absolute Gasteiger partial charge is 0.497 e. The van der Waals surface area contributed by atoms with E-state index in [1.54, 1.807) is 14.2 Å². The van der Waals surface area contributed by atoms with Gasteiger partial charge in [-0.05, 0) is 37.8 Å². The predicted molar refractivity (Wildman–Crippen MR) is 115 cm³/mol. The standard InChI is InChI=1S/C25H29NO5/c1-27-16-7-8-17(20(12-16)28-2)24-18-13-22-23(30-15-29-22)14-21(18)31-25(9-5-6-19(24)25)26-10-3-4-11-26/h7-8,12-14,19,24H,3-6,9-11,15H2,1-2H3/t19-,24-,25-/m1/s1. The summed E-state index contributed by atoms with van der Waals surface area (Å²) in [5.74, 6) is 4.65. The summed E-state index contributed by atoms with van der Waals surface area (Å²) in [6, 6.07) is 10.3. The number of benzene rings is 2. The molecule has 0 N–H and O–H groups in total. The summed E-state index contributed by atoms with van der Waals surface area (Å²) in [5.41, 5.74) is 2.07. The number of hydrogen-bond acceptors (Lipinski definition) is 6. The molecule has 2 aromatic rings. The molecule has 164 valence electrons. The summed E-state index contributed by atoms with van der Waals surface area (Å²) in [7, 11) is 3.43. The fraction of sp³-hybridized carbons (Fsp3) is 0.520. The number of ether oxygens (including phenoxy) is 5. The summed E-state index contributed by atoms with van der Waals surface area (Å²) in [6.45, 7) is 2.46. The molecule has 1 saturated carbocycles. The first-order chi connectivity index (χ1) is 15.2. The Morgan fingerprint density at radius 2 is 1.71 bits per heavy atom. The van der Waals surface area contributed by atoms with Gasteiger partial charge in [-0.15, -0.1) is 0 Å². The Morgan fingerprint density at radius 3 is 2.48 bits per heavy atom. The van der Waals surface area contributed by atoms with Crippen molar-refractivity contribution in [3.8, 4) is 28.7 Å². The molecule has 0 radical (unpaired) electrons. The van der Waals surface area contributed by atoms with Crippen LogP contribution in [0.15, 0.2) is 30.3 Å². The van der Waals surface area contributed by atoms with Crippen molar-refractivity contribution in [2.24, 2.45) is 5.92 Å². The molecule has 6 heteroatoms. The van der Waals surface area contributed by atoms with Gasteiger partial charge in [0.05, 0.1) is 14.2 Å².